The predicted molar refractivity (Wildman–Crippen MR) is 103 cm³/mol. The van der Waals surface area contributed by atoms with Crippen LogP contribution in [0.2, 0.25) is 0 Å². The minimum atomic E-state index is -0.364. The van der Waals surface area contributed by atoms with Crippen LogP contribution in [0.15, 0.2) is 53.4 Å². The number of amides is 1. The van der Waals surface area contributed by atoms with E-state index in [2.05, 4.69) is 40.6 Å². The average Bonchev–Trinajstić information content (AvgIpc) is 2.66. The molecule has 0 bridgehead atoms. The molecule has 2 rings (SSSR count). The third-order valence-corrected chi connectivity index (χ3v) is 4.74. The standard InChI is InChI=1S/C20H24N2O3S/c1-22(13-16-6-10-18(26-3)11-7-16)14-19(23)21-12-15-4-8-17(9-5-15)20(24)25-2/h4-11H,12-14H2,1-3H3,(H,21,23)/p+1. The molecular weight excluding hydrogens is 348 g/mol. The lowest BCUT2D eigenvalue weighted by molar-refractivity contribution is -0.885. The van der Waals surface area contributed by atoms with Gasteiger partial charge in [0, 0.05) is 17.0 Å². The molecule has 0 aliphatic carbocycles. The molecule has 6 heteroatoms. The van der Waals surface area contributed by atoms with Crippen molar-refractivity contribution in [3.05, 3.63) is 65.2 Å². The number of carbonyl (C=O) groups excluding carboxylic acids is 2. The summed E-state index contributed by atoms with van der Waals surface area (Å²) in [6.07, 6.45) is 2.06. The minimum Gasteiger partial charge on any atom is -0.465 e. The van der Waals surface area contributed by atoms with Gasteiger partial charge in [-0.2, -0.15) is 0 Å². The highest BCUT2D eigenvalue weighted by molar-refractivity contribution is 7.98. The molecule has 1 unspecified atom stereocenters. The Morgan fingerprint density at radius 2 is 1.65 bits per heavy atom. The molecule has 0 saturated heterocycles. The van der Waals surface area contributed by atoms with E-state index >= 15 is 0 Å². The lowest BCUT2D eigenvalue weighted by Crippen LogP contribution is -3.08. The lowest BCUT2D eigenvalue weighted by Gasteiger charge is -2.14. The third-order valence-electron chi connectivity index (χ3n) is 3.99. The van der Waals surface area contributed by atoms with E-state index < -0.39 is 0 Å². The number of benzene rings is 2. The quantitative estimate of drug-likeness (QED) is 0.544. The number of nitrogens with one attached hydrogen (secondary N) is 2. The Kier molecular flexibility index (Phi) is 7.69. The summed E-state index contributed by atoms with van der Waals surface area (Å²) in [6.45, 7) is 1.65. The zero-order valence-electron chi connectivity index (χ0n) is 15.4. The summed E-state index contributed by atoms with van der Waals surface area (Å²) >= 11 is 1.72. The van der Waals surface area contributed by atoms with E-state index in [0.29, 0.717) is 18.7 Å². The molecule has 0 spiro atoms. The maximum atomic E-state index is 12.1. The van der Waals surface area contributed by atoms with Crippen LogP contribution in [0.3, 0.4) is 0 Å². The number of esters is 1. The van der Waals surface area contributed by atoms with Gasteiger partial charge in [-0.3, -0.25) is 4.79 Å². The van der Waals surface area contributed by atoms with E-state index in [9.17, 15) is 9.59 Å². The van der Waals surface area contributed by atoms with Gasteiger partial charge in [-0.25, -0.2) is 4.79 Å². The van der Waals surface area contributed by atoms with Crippen molar-refractivity contribution in [3.8, 4) is 0 Å². The number of quaternary nitrogens is 1. The molecule has 0 aliphatic rings. The number of ether oxygens (including phenoxy) is 1. The van der Waals surface area contributed by atoms with Crippen LogP contribution >= 0.6 is 11.8 Å². The van der Waals surface area contributed by atoms with Crippen molar-refractivity contribution in [3.63, 3.8) is 0 Å². The smallest absolute Gasteiger partial charge is 0.337 e. The molecule has 0 fully saturated rings. The molecule has 5 nitrogen and oxygen atoms in total. The minimum absolute atomic E-state index is 0.000258. The Morgan fingerprint density at radius 1 is 1.04 bits per heavy atom. The molecule has 1 amide bonds. The van der Waals surface area contributed by atoms with Gasteiger partial charge >= 0.3 is 5.97 Å². The number of carbonyl (C=O) groups is 2. The molecule has 0 aliphatic heterocycles. The summed E-state index contributed by atoms with van der Waals surface area (Å²) < 4.78 is 4.67. The molecule has 2 aromatic carbocycles. The highest BCUT2D eigenvalue weighted by Gasteiger charge is 2.11. The second-order valence-electron chi connectivity index (χ2n) is 6.12. The van der Waals surface area contributed by atoms with Crippen molar-refractivity contribution in [2.45, 2.75) is 18.0 Å². The van der Waals surface area contributed by atoms with E-state index in [1.165, 1.54) is 17.6 Å². The molecule has 2 N–H and O–H groups in total. The van der Waals surface area contributed by atoms with Crippen LogP contribution in [-0.4, -0.2) is 38.8 Å². The Hall–Kier alpha value is -2.31. The summed E-state index contributed by atoms with van der Waals surface area (Å²) in [7, 11) is 3.36. The number of methoxy groups -OCH3 is 1. The molecular formula is C20H25N2O3S+. The van der Waals surface area contributed by atoms with Crippen LogP contribution in [0, 0.1) is 0 Å². The SMILES string of the molecule is COC(=O)c1ccc(CNC(=O)C[NH+](C)Cc2ccc(SC)cc2)cc1. The maximum Gasteiger partial charge on any atom is 0.337 e. The first kappa shape index (κ1) is 20.0. The van der Waals surface area contributed by atoms with Gasteiger partial charge in [0.1, 0.15) is 6.54 Å². The third kappa shape index (κ3) is 6.20. The van der Waals surface area contributed by atoms with Gasteiger partial charge in [-0.1, -0.05) is 24.3 Å². The summed E-state index contributed by atoms with van der Waals surface area (Å²) in [5.41, 5.74) is 2.65. The molecule has 0 aromatic heterocycles. The van der Waals surface area contributed by atoms with Crippen LogP contribution in [0.25, 0.3) is 0 Å². The molecule has 1 atom stereocenters. The Balaban J connectivity index is 1.77. The van der Waals surface area contributed by atoms with Crippen molar-refractivity contribution in [2.24, 2.45) is 0 Å². The fourth-order valence-electron chi connectivity index (χ4n) is 2.57. The van der Waals surface area contributed by atoms with Crippen molar-refractivity contribution >= 4 is 23.6 Å². The summed E-state index contributed by atoms with van der Waals surface area (Å²) in [5, 5.41) is 2.92. The van der Waals surface area contributed by atoms with Gasteiger partial charge in [0.15, 0.2) is 6.54 Å². The zero-order valence-corrected chi connectivity index (χ0v) is 16.2. The van der Waals surface area contributed by atoms with Gasteiger partial charge in [-0.15, -0.1) is 11.8 Å². The van der Waals surface area contributed by atoms with Crippen LogP contribution in [0.1, 0.15) is 21.5 Å². The number of likely N-dealkylation sites (N-methyl/N-ethyl adjacent to an activating group) is 1. The first-order valence-electron chi connectivity index (χ1n) is 8.40. The summed E-state index contributed by atoms with van der Waals surface area (Å²) in [5.74, 6) is -0.364. The van der Waals surface area contributed by atoms with Crippen LogP contribution in [0.5, 0.6) is 0 Å². The van der Waals surface area contributed by atoms with Gasteiger partial charge < -0.3 is 15.0 Å². The Morgan fingerprint density at radius 3 is 2.23 bits per heavy atom. The average molecular weight is 373 g/mol. The largest absolute Gasteiger partial charge is 0.465 e. The number of hydrogen-bond acceptors (Lipinski definition) is 4. The van der Waals surface area contributed by atoms with Gasteiger partial charge in [0.05, 0.1) is 19.7 Å². The van der Waals surface area contributed by atoms with E-state index in [4.69, 9.17) is 0 Å². The summed E-state index contributed by atoms with van der Waals surface area (Å²) in [6, 6.07) is 15.4. The Bertz CT molecular complexity index is 730. The summed E-state index contributed by atoms with van der Waals surface area (Å²) in [4.78, 5) is 25.9. The van der Waals surface area contributed by atoms with Crippen LogP contribution < -0.4 is 10.2 Å². The number of rotatable bonds is 8. The van der Waals surface area contributed by atoms with Crippen LogP contribution in [0.4, 0.5) is 0 Å². The number of hydrogen-bond donors (Lipinski definition) is 2. The highest BCUT2D eigenvalue weighted by Crippen LogP contribution is 2.14. The highest BCUT2D eigenvalue weighted by atomic mass is 32.2. The van der Waals surface area contributed by atoms with Crippen molar-refractivity contribution in [2.75, 3.05) is 27.0 Å². The monoisotopic (exact) mass is 373 g/mol. The molecule has 2 aromatic rings. The van der Waals surface area contributed by atoms with Gasteiger partial charge in [0.25, 0.3) is 5.91 Å². The lowest BCUT2D eigenvalue weighted by atomic mass is 10.1. The fraction of sp³-hybridized carbons (Fsp3) is 0.300. The molecule has 0 saturated carbocycles. The van der Waals surface area contributed by atoms with Crippen LogP contribution in [-0.2, 0) is 22.6 Å². The normalized spacial score (nSPS) is 11.7. The second-order valence-corrected chi connectivity index (χ2v) is 7.00. The molecule has 138 valence electrons. The van der Waals surface area contributed by atoms with E-state index in [-0.39, 0.29) is 11.9 Å². The molecule has 26 heavy (non-hydrogen) atoms. The van der Waals surface area contributed by atoms with Gasteiger partial charge in [0.2, 0.25) is 0 Å². The first-order chi connectivity index (χ1) is 12.5. The second kappa shape index (κ2) is 9.99. The fourth-order valence-corrected chi connectivity index (χ4v) is 2.98. The Labute approximate surface area is 158 Å². The van der Waals surface area contributed by atoms with Gasteiger partial charge in [-0.05, 0) is 36.1 Å². The topological polar surface area (TPSA) is 59.8 Å². The van der Waals surface area contributed by atoms with E-state index in [0.717, 1.165) is 17.0 Å². The van der Waals surface area contributed by atoms with E-state index in [1.54, 1.807) is 23.9 Å². The number of thioether (sulfide) groups is 1. The zero-order chi connectivity index (χ0) is 18.9. The molecule has 0 heterocycles. The molecule has 0 radical (unpaired) electrons. The van der Waals surface area contributed by atoms with Crippen molar-refractivity contribution < 1.29 is 19.2 Å². The van der Waals surface area contributed by atoms with Crippen molar-refractivity contribution in [1.82, 2.24) is 5.32 Å². The first-order valence-corrected chi connectivity index (χ1v) is 9.62. The predicted octanol–water partition coefficient (Wildman–Crippen LogP) is 1.53. The van der Waals surface area contributed by atoms with Crippen molar-refractivity contribution in [1.29, 1.82) is 0 Å². The van der Waals surface area contributed by atoms with E-state index in [1.807, 2.05) is 19.2 Å². The maximum absolute atomic E-state index is 12.1.